The average molecular weight is 596 g/mol. The van der Waals surface area contributed by atoms with Crippen LogP contribution in [0.1, 0.15) is 142 Å². The van der Waals surface area contributed by atoms with E-state index >= 15 is 0 Å². The largest absolute Gasteiger partial charge is 0.381 e. The lowest BCUT2D eigenvalue weighted by molar-refractivity contribution is -0.0665. The maximum absolute atomic E-state index is 7.02. The van der Waals surface area contributed by atoms with Crippen molar-refractivity contribution in [2.45, 2.75) is 153 Å². The summed E-state index contributed by atoms with van der Waals surface area (Å²) in [4.78, 5) is 4.07. The first-order valence-corrected chi connectivity index (χ1v) is 17.5. The molecule has 236 valence electrons. The van der Waals surface area contributed by atoms with Crippen LogP contribution in [0, 0.1) is 5.41 Å². The Kier molecular flexibility index (Phi) is 27.6. The van der Waals surface area contributed by atoms with Crippen LogP contribution in [0.25, 0.3) is 0 Å². The van der Waals surface area contributed by atoms with Crippen LogP contribution in [0.15, 0.2) is 0 Å². The number of hydrogen-bond donors (Lipinski definition) is 0. The number of alkyl halides is 2. The van der Waals surface area contributed by atoms with Gasteiger partial charge in [-0.3, -0.25) is 9.80 Å². The third-order valence-electron chi connectivity index (χ3n) is 7.88. The Hall–Kier alpha value is 0.420. The standard InChI is InChI=1S/C33H68Cl2N2O2/c1-7-9-11-13-15-17-19-21-23-25-27-38-29-33(31(34)36(3)4,32(35)37(5)6)30-39-28-26-24-22-20-18-16-14-12-10-8-2/h31-32H,7-30H2,1-6H3. The molecule has 0 aliphatic heterocycles. The van der Waals surface area contributed by atoms with E-state index in [2.05, 4.69) is 13.8 Å². The van der Waals surface area contributed by atoms with Crippen molar-refractivity contribution >= 4 is 23.2 Å². The van der Waals surface area contributed by atoms with Crippen molar-refractivity contribution in [3.05, 3.63) is 0 Å². The Morgan fingerprint density at radius 1 is 0.462 bits per heavy atom. The molecule has 0 heterocycles. The molecular formula is C33H68Cl2N2O2. The third-order valence-corrected chi connectivity index (χ3v) is 9.53. The molecule has 0 saturated heterocycles. The van der Waals surface area contributed by atoms with Gasteiger partial charge in [-0.1, -0.05) is 129 Å². The molecule has 39 heavy (non-hydrogen) atoms. The lowest BCUT2D eigenvalue weighted by Gasteiger charge is -2.45. The van der Waals surface area contributed by atoms with Crippen molar-refractivity contribution in [2.24, 2.45) is 5.41 Å². The topological polar surface area (TPSA) is 24.9 Å². The van der Waals surface area contributed by atoms with Crippen LogP contribution in [-0.4, -0.2) is 75.4 Å². The quantitative estimate of drug-likeness (QED) is 0.0469. The number of nitrogens with zero attached hydrogens (tertiary/aromatic N) is 2. The highest BCUT2D eigenvalue weighted by Gasteiger charge is 2.47. The van der Waals surface area contributed by atoms with Crippen molar-refractivity contribution in [2.75, 3.05) is 54.6 Å². The SMILES string of the molecule is CCCCCCCCCCCCOCC(COCCCCCCCCCCCC)(C(Cl)N(C)C)C(Cl)N(C)C. The Morgan fingerprint density at radius 2 is 0.718 bits per heavy atom. The first-order valence-electron chi connectivity index (χ1n) is 16.6. The van der Waals surface area contributed by atoms with E-state index in [4.69, 9.17) is 32.7 Å². The van der Waals surface area contributed by atoms with Gasteiger partial charge in [0.25, 0.3) is 0 Å². The van der Waals surface area contributed by atoms with Gasteiger partial charge in [-0.25, -0.2) is 0 Å². The summed E-state index contributed by atoms with van der Waals surface area (Å²) in [6.07, 6.45) is 26.5. The summed E-state index contributed by atoms with van der Waals surface area (Å²) in [5.74, 6) is 0. The molecule has 0 saturated carbocycles. The molecule has 0 aliphatic rings. The van der Waals surface area contributed by atoms with E-state index in [0.29, 0.717) is 13.2 Å². The minimum absolute atomic E-state index is 0.289. The lowest BCUT2D eigenvalue weighted by Crippen LogP contribution is -2.57. The molecule has 2 unspecified atom stereocenters. The van der Waals surface area contributed by atoms with Gasteiger partial charge in [-0.15, -0.1) is 23.2 Å². The van der Waals surface area contributed by atoms with E-state index in [1.54, 1.807) is 0 Å². The Bertz CT molecular complexity index is 464. The second kappa shape index (κ2) is 27.3. The fourth-order valence-electron chi connectivity index (χ4n) is 5.37. The summed E-state index contributed by atoms with van der Waals surface area (Å²) < 4.78 is 12.5. The van der Waals surface area contributed by atoms with E-state index < -0.39 is 5.41 Å². The molecule has 0 spiro atoms. The van der Waals surface area contributed by atoms with E-state index in [1.165, 1.54) is 116 Å². The molecule has 6 heteroatoms. The minimum atomic E-state index is -0.521. The van der Waals surface area contributed by atoms with Gasteiger partial charge in [0.1, 0.15) is 0 Å². The summed E-state index contributed by atoms with van der Waals surface area (Å²) in [6.45, 7) is 7.07. The van der Waals surface area contributed by atoms with Crippen LogP contribution in [0.2, 0.25) is 0 Å². The number of hydrogen-bond acceptors (Lipinski definition) is 4. The second-order valence-corrected chi connectivity index (χ2v) is 13.1. The Balaban J connectivity index is 4.45. The summed E-state index contributed by atoms with van der Waals surface area (Å²) in [6, 6.07) is 0. The third kappa shape index (κ3) is 20.0. The highest BCUT2D eigenvalue weighted by molar-refractivity contribution is 6.24. The van der Waals surface area contributed by atoms with Gasteiger partial charge in [0, 0.05) is 13.2 Å². The molecule has 0 rings (SSSR count). The molecule has 0 N–H and O–H groups in total. The molecule has 0 aromatic heterocycles. The van der Waals surface area contributed by atoms with E-state index in [9.17, 15) is 0 Å². The molecule has 0 bridgehead atoms. The second-order valence-electron chi connectivity index (χ2n) is 12.3. The fraction of sp³-hybridized carbons (Fsp3) is 1.00. The van der Waals surface area contributed by atoms with Crippen LogP contribution in [0.4, 0.5) is 0 Å². The van der Waals surface area contributed by atoms with Crippen LogP contribution < -0.4 is 0 Å². The first-order chi connectivity index (χ1) is 18.8. The predicted molar refractivity (Wildman–Crippen MR) is 174 cm³/mol. The summed E-state index contributed by atoms with van der Waals surface area (Å²) >= 11 is 14.0. The number of rotatable bonds is 30. The van der Waals surface area contributed by atoms with Crippen LogP contribution >= 0.6 is 23.2 Å². The van der Waals surface area contributed by atoms with E-state index in [0.717, 1.165) is 26.1 Å². The number of halogens is 2. The van der Waals surface area contributed by atoms with E-state index in [-0.39, 0.29) is 11.0 Å². The predicted octanol–water partition coefficient (Wildman–Crippen LogP) is 10.1. The monoisotopic (exact) mass is 594 g/mol. The van der Waals surface area contributed by atoms with Crippen molar-refractivity contribution < 1.29 is 9.47 Å². The van der Waals surface area contributed by atoms with Gasteiger partial charge in [0.15, 0.2) is 0 Å². The maximum Gasteiger partial charge on any atom is 0.0974 e. The molecule has 0 aromatic rings. The Morgan fingerprint density at radius 3 is 0.974 bits per heavy atom. The zero-order chi connectivity index (χ0) is 29.2. The molecule has 0 radical (unpaired) electrons. The van der Waals surface area contributed by atoms with Crippen LogP contribution in [0.5, 0.6) is 0 Å². The van der Waals surface area contributed by atoms with Crippen molar-refractivity contribution in [1.82, 2.24) is 9.80 Å². The molecular weight excluding hydrogens is 527 g/mol. The van der Waals surface area contributed by atoms with Crippen molar-refractivity contribution in [3.8, 4) is 0 Å². The summed E-state index contributed by atoms with van der Waals surface area (Å²) in [7, 11) is 8.04. The fourth-order valence-corrected chi connectivity index (χ4v) is 5.92. The Labute approximate surface area is 255 Å². The minimum Gasteiger partial charge on any atom is -0.381 e. The average Bonchev–Trinajstić information content (AvgIpc) is 2.92. The number of ether oxygens (including phenoxy) is 2. The zero-order valence-corrected chi connectivity index (χ0v) is 28.6. The highest BCUT2D eigenvalue weighted by Crippen LogP contribution is 2.37. The smallest absolute Gasteiger partial charge is 0.0974 e. The molecule has 2 atom stereocenters. The maximum atomic E-state index is 7.02. The van der Waals surface area contributed by atoms with Gasteiger partial charge < -0.3 is 9.47 Å². The summed E-state index contributed by atoms with van der Waals surface area (Å²) in [5.41, 5.74) is -1.10. The first kappa shape index (κ1) is 39.4. The van der Waals surface area contributed by atoms with Gasteiger partial charge in [0.05, 0.1) is 29.6 Å². The van der Waals surface area contributed by atoms with E-state index in [1.807, 2.05) is 38.0 Å². The molecule has 0 aliphatic carbocycles. The van der Waals surface area contributed by atoms with Gasteiger partial charge in [-0.05, 0) is 41.0 Å². The zero-order valence-electron chi connectivity index (χ0n) is 27.1. The van der Waals surface area contributed by atoms with Gasteiger partial charge >= 0.3 is 0 Å². The lowest BCUT2D eigenvalue weighted by atomic mass is 9.87. The summed E-state index contributed by atoms with van der Waals surface area (Å²) in [5, 5.41) is 0. The van der Waals surface area contributed by atoms with Crippen LogP contribution in [0.3, 0.4) is 0 Å². The molecule has 0 amide bonds. The normalized spacial score (nSPS) is 14.0. The van der Waals surface area contributed by atoms with Crippen molar-refractivity contribution in [3.63, 3.8) is 0 Å². The van der Waals surface area contributed by atoms with Crippen LogP contribution in [-0.2, 0) is 9.47 Å². The van der Waals surface area contributed by atoms with Gasteiger partial charge in [-0.2, -0.15) is 0 Å². The molecule has 0 fully saturated rings. The molecule has 4 nitrogen and oxygen atoms in total. The van der Waals surface area contributed by atoms with Crippen molar-refractivity contribution in [1.29, 1.82) is 0 Å². The van der Waals surface area contributed by atoms with Gasteiger partial charge in [0.2, 0.25) is 0 Å². The molecule has 0 aromatic carbocycles. The highest BCUT2D eigenvalue weighted by atomic mass is 35.5. The number of unbranched alkanes of at least 4 members (excludes halogenated alkanes) is 18.